The molecular weight excluding hydrogens is 599 g/mol. The van der Waals surface area contributed by atoms with E-state index in [0.29, 0.717) is 13.2 Å². The van der Waals surface area contributed by atoms with Gasteiger partial charge in [0, 0.05) is 23.1 Å². The number of halogens is 3. The van der Waals surface area contributed by atoms with Crippen LogP contribution in [0.15, 0.2) is 12.1 Å². The molecule has 0 spiro atoms. The molecule has 112 valence electrons. The van der Waals surface area contributed by atoms with Crippen LogP contribution in [0.4, 0.5) is 0 Å². The maximum atomic E-state index is 6.12. The van der Waals surface area contributed by atoms with Crippen molar-refractivity contribution in [1.82, 2.24) is 0 Å². The Morgan fingerprint density at radius 2 is 1.85 bits per heavy atom. The van der Waals surface area contributed by atoms with Gasteiger partial charge in [0.15, 0.2) is 0 Å². The molecule has 0 saturated heterocycles. The van der Waals surface area contributed by atoms with Gasteiger partial charge in [-0.2, -0.15) is 0 Å². The first-order chi connectivity index (χ1) is 9.52. The minimum atomic E-state index is -0.0453. The third-order valence-corrected chi connectivity index (χ3v) is 5.35. The predicted molar refractivity (Wildman–Crippen MR) is 103 cm³/mol. The summed E-state index contributed by atoms with van der Waals surface area (Å²) in [4.78, 5) is 0. The zero-order chi connectivity index (χ0) is 14.7. The van der Waals surface area contributed by atoms with Crippen molar-refractivity contribution in [3.8, 4) is 5.75 Å². The predicted octanol–water partition coefficient (Wildman–Crippen LogP) is 3.01. The molecule has 2 rings (SSSR count). The van der Waals surface area contributed by atoms with Crippen LogP contribution >= 0.6 is 67.8 Å². The van der Waals surface area contributed by atoms with E-state index in [1.54, 1.807) is 7.11 Å². The number of benzene rings is 1. The molecule has 0 aromatic heterocycles. The molecular formula is C13H16I3NO3. The summed E-state index contributed by atoms with van der Waals surface area (Å²) in [5.74, 6) is 0.934. The molecule has 4 nitrogen and oxygen atoms in total. The summed E-state index contributed by atoms with van der Waals surface area (Å²) >= 11 is 6.92. The lowest BCUT2D eigenvalue weighted by molar-refractivity contribution is -0.107. The fourth-order valence-corrected chi connectivity index (χ4v) is 5.86. The van der Waals surface area contributed by atoms with Gasteiger partial charge in [-0.1, -0.05) is 0 Å². The third kappa shape index (κ3) is 4.31. The quantitative estimate of drug-likeness (QED) is 0.396. The Labute approximate surface area is 159 Å². The monoisotopic (exact) mass is 615 g/mol. The van der Waals surface area contributed by atoms with Crippen LogP contribution in [0.25, 0.3) is 0 Å². The van der Waals surface area contributed by atoms with Gasteiger partial charge < -0.3 is 19.9 Å². The largest absolute Gasteiger partial charge is 0.485 e. The van der Waals surface area contributed by atoms with Crippen molar-refractivity contribution in [3.05, 3.63) is 22.8 Å². The van der Waals surface area contributed by atoms with Gasteiger partial charge in [-0.3, -0.25) is 0 Å². The molecule has 1 aromatic rings. The lowest BCUT2D eigenvalue weighted by Gasteiger charge is -2.42. The van der Waals surface area contributed by atoms with Crippen molar-refractivity contribution in [1.29, 1.82) is 0 Å². The topological polar surface area (TPSA) is 53.7 Å². The smallest absolute Gasteiger partial charge is 0.146 e. The minimum absolute atomic E-state index is 0.0314. The van der Waals surface area contributed by atoms with E-state index in [2.05, 4.69) is 79.9 Å². The highest BCUT2D eigenvalue weighted by Gasteiger charge is 2.42. The van der Waals surface area contributed by atoms with Crippen LogP contribution in [0, 0.1) is 10.7 Å². The molecule has 1 saturated carbocycles. The van der Waals surface area contributed by atoms with E-state index in [-0.39, 0.29) is 18.2 Å². The SMILES string of the molecule is COCCOC1C(N)CC1Oc1c(I)cc(I)cc1I. The summed E-state index contributed by atoms with van der Waals surface area (Å²) in [7, 11) is 1.66. The van der Waals surface area contributed by atoms with Gasteiger partial charge in [0.2, 0.25) is 0 Å². The lowest BCUT2D eigenvalue weighted by Crippen LogP contribution is -2.59. The van der Waals surface area contributed by atoms with E-state index < -0.39 is 0 Å². The van der Waals surface area contributed by atoms with Gasteiger partial charge >= 0.3 is 0 Å². The van der Waals surface area contributed by atoms with Gasteiger partial charge in [0.1, 0.15) is 18.0 Å². The normalized spacial score (nSPS) is 25.4. The van der Waals surface area contributed by atoms with Gasteiger partial charge in [-0.25, -0.2) is 0 Å². The summed E-state index contributed by atoms with van der Waals surface area (Å²) in [5.41, 5.74) is 6.00. The summed E-state index contributed by atoms with van der Waals surface area (Å²) < 4.78 is 20.3. The van der Waals surface area contributed by atoms with Gasteiger partial charge in [0.05, 0.1) is 20.4 Å². The average Bonchev–Trinajstić information content (AvgIpc) is 2.37. The molecule has 1 fully saturated rings. The second-order valence-corrected chi connectivity index (χ2v) is 8.15. The summed E-state index contributed by atoms with van der Waals surface area (Å²) in [6.45, 7) is 1.13. The number of rotatable bonds is 6. The van der Waals surface area contributed by atoms with Crippen LogP contribution in [-0.2, 0) is 9.47 Å². The van der Waals surface area contributed by atoms with Gasteiger partial charge in [-0.15, -0.1) is 0 Å². The molecule has 7 heteroatoms. The zero-order valence-corrected chi connectivity index (χ0v) is 17.4. The molecule has 1 aliphatic carbocycles. The fourth-order valence-electron chi connectivity index (χ4n) is 2.02. The molecule has 0 aliphatic heterocycles. The molecule has 2 N–H and O–H groups in total. The molecule has 3 atom stereocenters. The van der Waals surface area contributed by atoms with E-state index in [1.807, 2.05) is 0 Å². The van der Waals surface area contributed by atoms with Crippen LogP contribution in [0.1, 0.15) is 6.42 Å². The van der Waals surface area contributed by atoms with Crippen molar-refractivity contribution in [3.63, 3.8) is 0 Å². The van der Waals surface area contributed by atoms with E-state index in [4.69, 9.17) is 19.9 Å². The zero-order valence-electron chi connectivity index (χ0n) is 10.9. The Balaban J connectivity index is 1.99. The first-order valence-corrected chi connectivity index (χ1v) is 9.44. The number of nitrogens with two attached hydrogens (primary N) is 1. The van der Waals surface area contributed by atoms with Crippen molar-refractivity contribution < 1.29 is 14.2 Å². The third-order valence-electron chi connectivity index (χ3n) is 3.12. The summed E-state index contributed by atoms with van der Waals surface area (Å²) in [5, 5.41) is 0. The fraction of sp³-hybridized carbons (Fsp3) is 0.538. The van der Waals surface area contributed by atoms with E-state index in [0.717, 1.165) is 19.3 Å². The van der Waals surface area contributed by atoms with E-state index >= 15 is 0 Å². The van der Waals surface area contributed by atoms with Crippen LogP contribution < -0.4 is 10.5 Å². The Morgan fingerprint density at radius 3 is 2.40 bits per heavy atom. The maximum Gasteiger partial charge on any atom is 0.146 e. The molecule has 0 bridgehead atoms. The van der Waals surface area contributed by atoms with Crippen molar-refractivity contribution in [2.75, 3.05) is 20.3 Å². The Kier molecular flexibility index (Phi) is 7.05. The molecule has 0 radical (unpaired) electrons. The van der Waals surface area contributed by atoms with Gasteiger partial charge in [0.25, 0.3) is 0 Å². The molecule has 1 aliphatic rings. The molecule has 3 unspecified atom stereocenters. The summed E-state index contributed by atoms with van der Waals surface area (Å²) in [6.07, 6.45) is 0.815. The summed E-state index contributed by atoms with van der Waals surface area (Å²) in [6, 6.07) is 4.27. The van der Waals surface area contributed by atoms with Crippen LogP contribution in [0.3, 0.4) is 0 Å². The highest BCUT2D eigenvalue weighted by atomic mass is 127. The van der Waals surface area contributed by atoms with E-state index in [9.17, 15) is 0 Å². The first kappa shape index (κ1) is 17.4. The number of methoxy groups -OCH3 is 1. The highest BCUT2D eigenvalue weighted by molar-refractivity contribution is 14.1. The van der Waals surface area contributed by atoms with Gasteiger partial charge in [-0.05, 0) is 79.9 Å². The minimum Gasteiger partial charge on any atom is -0.485 e. The van der Waals surface area contributed by atoms with Crippen LogP contribution in [0.2, 0.25) is 0 Å². The number of hydrogen-bond acceptors (Lipinski definition) is 4. The molecule has 20 heavy (non-hydrogen) atoms. The Morgan fingerprint density at radius 1 is 1.20 bits per heavy atom. The maximum absolute atomic E-state index is 6.12. The highest BCUT2D eigenvalue weighted by Crippen LogP contribution is 2.34. The lowest BCUT2D eigenvalue weighted by atomic mass is 9.86. The number of ether oxygens (including phenoxy) is 3. The molecule has 1 aromatic carbocycles. The molecule has 0 amide bonds. The van der Waals surface area contributed by atoms with Crippen molar-refractivity contribution in [2.24, 2.45) is 5.73 Å². The second-order valence-electron chi connectivity index (χ2n) is 4.58. The average molecular weight is 615 g/mol. The number of hydrogen-bond donors (Lipinski definition) is 1. The van der Waals surface area contributed by atoms with Crippen molar-refractivity contribution in [2.45, 2.75) is 24.7 Å². The second kappa shape index (κ2) is 8.09. The van der Waals surface area contributed by atoms with Crippen LogP contribution in [0.5, 0.6) is 5.75 Å². The van der Waals surface area contributed by atoms with Crippen molar-refractivity contribution >= 4 is 67.8 Å². The molecule has 0 heterocycles. The Bertz CT molecular complexity index is 449. The van der Waals surface area contributed by atoms with E-state index in [1.165, 1.54) is 3.57 Å². The Hall–Kier alpha value is 1.09. The standard InChI is InChI=1S/C13H16I3NO3/c1-18-2-3-19-13-10(17)6-11(13)20-12-8(15)4-7(14)5-9(12)16/h4-5,10-11,13H,2-3,6,17H2,1H3. The first-order valence-electron chi connectivity index (χ1n) is 6.20. The van der Waals surface area contributed by atoms with Crippen LogP contribution in [-0.4, -0.2) is 38.6 Å².